The van der Waals surface area contributed by atoms with Gasteiger partial charge in [0.2, 0.25) is 0 Å². The molecule has 1 atom stereocenters. The summed E-state index contributed by atoms with van der Waals surface area (Å²) in [6.07, 6.45) is 0.799. The van der Waals surface area contributed by atoms with Crippen LogP contribution in [0.2, 0.25) is 0 Å². The van der Waals surface area contributed by atoms with E-state index >= 15 is 0 Å². The van der Waals surface area contributed by atoms with Gasteiger partial charge in [0.1, 0.15) is 0 Å². The highest BCUT2D eigenvalue weighted by Crippen LogP contribution is 2.41. The Kier molecular flexibility index (Phi) is 3.57. The van der Waals surface area contributed by atoms with E-state index in [0.717, 1.165) is 10.9 Å². The Bertz CT molecular complexity index is 444. The van der Waals surface area contributed by atoms with Crippen molar-refractivity contribution in [1.82, 2.24) is 0 Å². The number of rotatable bonds is 2. The molecule has 0 fully saturated rings. The number of carboxylic acids is 1. The molecule has 0 aromatic heterocycles. The average molecular weight is 301 g/mol. The topological polar surface area (TPSA) is 55.8 Å². The lowest BCUT2D eigenvalue weighted by Crippen LogP contribution is -2.10. The Balaban J connectivity index is 2.52. The first-order chi connectivity index (χ1) is 8.11. The van der Waals surface area contributed by atoms with Crippen LogP contribution in [-0.4, -0.2) is 24.3 Å². The zero-order valence-corrected chi connectivity index (χ0v) is 11.0. The van der Waals surface area contributed by atoms with Crippen LogP contribution in [0.15, 0.2) is 16.6 Å². The van der Waals surface area contributed by atoms with Crippen LogP contribution in [-0.2, 0) is 4.79 Å². The Labute approximate surface area is 108 Å². The van der Waals surface area contributed by atoms with Crippen molar-refractivity contribution in [2.75, 3.05) is 13.2 Å². The molecule has 0 saturated heterocycles. The van der Waals surface area contributed by atoms with Crippen molar-refractivity contribution in [3.05, 3.63) is 22.2 Å². The van der Waals surface area contributed by atoms with Gasteiger partial charge < -0.3 is 14.6 Å². The Hall–Kier alpha value is -1.23. The van der Waals surface area contributed by atoms with E-state index in [1.165, 1.54) is 0 Å². The number of aliphatic carboxylic acids is 1. The minimum absolute atomic E-state index is 0.544. The third-order valence-corrected chi connectivity index (χ3v) is 3.39. The third kappa shape index (κ3) is 2.39. The maximum Gasteiger partial charge on any atom is 0.310 e. The highest BCUT2D eigenvalue weighted by molar-refractivity contribution is 9.10. The maximum atomic E-state index is 11.1. The number of benzene rings is 1. The van der Waals surface area contributed by atoms with Crippen LogP contribution in [0.25, 0.3) is 0 Å². The molecule has 1 unspecified atom stereocenters. The van der Waals surface area contributed by atoms with E-state index < -0.39 is 11.9 Å². The largest absolute Gasteiger partial charge is 0.490 e. The second-order valence-electron chi connectivity index (χ2n) is 3.90. The Morgan fingerprint density at radius 1 is 1.41 bits per heavy atom. The first-order valence-electron chi connectivity index (χ1n) is 5.42. The molecule has 0 spiro atoms. The summed E-state index contributed by atoms with van der Waals surface area (Å²) in [6, 6.07) is 3.59. The third-order valence-electron chi connectivity index (χ3n) is 2.70. The van der Waals surface area contributed by atoms with Crippen molar-refractivity contribution in [1.29, 1.82) is 0 Å². The lowest BCUT2D eigenvalue weighted by Gasteiger charge is -2.16. The zero-order chi connectivity index (χ0) is 12.4. The summed E-state index contributed by atoms with van der Waals surface area (Å²) >= 11 is 3.37. The van der Waals surface area contributed by atoms with Crippen LogP contribution in [0, 0.1) is 0 Å². The number of carboxylic acid groups (broad SMARTS) is 1. The number of ether oxygens (including phenoxy) is 2. The SMILES string of the molecule is CC(C(=O)O)c1c(Br)ccc2c1OCCCO2. The van der Waals surface area contributed by atoms with E-state index in [0.29, 0.717) is 30.3 Å². The predicted molar refractivity (Wildman–Crippen MR) is 65.8 cm³/mol. The van der Waals surface area contributed by atoms with Crippen molar-refractivity contribution in [2.24, 2.45) is 0 Å². The van der Waals surface area contributed by atoms with Gasteiger partial charge in [0, 0.05) is 16.5 Å². The van der Waals surface area contributed by atoms with E-state index in [9.17, 15) is 4.79 Å². The Morgan fingerprint density at radius 2 is 2.12 bits per heavy atom. The molecule has 4 nitrogen and oxygen atoms in total. The molecule has 1 aliphatic heterocycles. The van der Waals surface area contributed by atoms with Gasteiger partial charge in [-0.25, -0.2) is 0 Å². The summed E-state index contributed by atoms with van der Waals surface area (Å²) < 4.78 is 11.9. The van der Waals surface area contributed by atoms with Crippen LogP contribution in [0.1, 0.15) is 24.8 Å². The molecule has 0 bridgehead atoms. The van der Waals surface area contributed by atoms with Gasteiger partial charge in [-0.05, 0) is 19.1 Å². The molecule has 1 heterocycles. The van der Waals surface area contributed by atoms with E-state index in [-0.39, 0.29) is 0 Å². The zero-order valence-electron chi connectivity index (χ0n) is 9.40. The van der Waals surface area contributed by atoms with E-state index in [2.05, 4.69) is 15.9 Å². The highest BCUT2D eigenvalue weighted by Gasteiger charge is 2.25. The number of carbonyl (C=O) groups is 1. The first kappa shape index (κ1) is 12.2. The molecule has 92 valence electrons. The monoisotopic (exact) mass is 300 g/mol. The summed E-state index contributed by atoms with van der Waals surface area (Å²) in [6.45, 7) is 2.77. The second-order valence-corrected chi connectivity index (χ2v) is 4.75. The van der Waals surface area contributed by atoms with Crippen LogP contribution in [0.5, 0.6) is 11.5 Å². The summed E-state index contributed by atoms with van der Waals surface area (Å²) in [7, 11) is 0. The smallest absolute Gasteiger partial charge is 0.310 e. The summed E-state index contributed by atoms with van der Waals surface area (Å²) in [5, 5.41) is 9.11. The lowest BCUT2D eigenvalue weighted by atomic mass is 10.00. The summed E-state index contributed by atoms with van der Waals surface area (Å²) in [5.41, 5.74) is 0.636. The highest BCUT2D eigenvalue weighted by atomic mass is 79.9. The molecule has 17 heavy (non-hydrogen) atoms. The first-order valence-corrected chi connectivity index (χ1v) is 6.21. The molecule has 1 N–H and O–H groups in total. The normalized spacial score (nSPS) is 16.1. The molecular weight excluding hydrogens is 288 g/mol. The molecule has 2 rings (SSSR count). The molecular formula is C12H13BrO4. The molecule has 0 amide bonds. The van der Waals surface area contributed by atoms with Gasteiger partial charge in [-0.3, -0.25) is 4.79 Å². The molecule has 0 saturated carbocycles. The van der Waals surface area contributed by atoms with Gasteiger partial charge in [0.15, 0.2) is 11.5 Å². The fraction of sp³-hybridized carbons (Fsp3) is 0.417. The van der Waals surface area contributed by atoms with Crippen molar-refractivity contribution < 1.29 is 19.4 Å². The van der Waals surface area contributed by atoms with E-state index in [4.69, 9.17) is 14.6 Å². The number of halogens is 1. The average Bonchev–Trinajstić information content (AvgIpc) is 2.53. The number of fused-ring (bicyclic) bond motifs is 1. The maximum absolute atomic E-state index is 11.1. The van der Waals surface area contributed by atoms with E-state index in [1.54, 1.807) is 19.1 Å². The minimum atomic E-state index is -0.882. The lowest BCUT2D eigenvalue weighted by molar-refractivity contribution is -0.138. The van der Waals surface area contributed by atoms with Crippen molar-refractivity contribution in [2.45, 2.75) is 19.3 Å². The van der Waals surface area contributed by atoms with Crippen LogP contribution < -0.4 is 9.47 Å². The molecule has 0 radical (unpaired) electrons. The summed E-state index contributed by atoms with van der Waals surface area (Å²) in [4.78, 5) is 11.1. The van der Waals surface area contributed by atoms with Gasteiger partial charge >= 0.3 is 5.97 Å². The van der Waals surface area contributed by atoms with Crippen molar-refractivity contribution >= 4 is 21.9 Å². The second kappa shape index (κ2) is 4.96. The van der Waals surface area contributed by atoms with Gasteiger partial charge in [-0.15, -0.1) is 0 Å². The van der Waals surface area contributed by atoms with Crippen LogP contribution >= 0.6 is 15.9 Å². The van der Waals surface area contributed by atoms with Gasteiger partial charge in [0.05, 0.1) is 19.1 Å². The molecule has 1 aromatic rings. The fourth-order valence-corrected chi connectivity index (χ4v) is 2.42. The molecule has 1 aliphatic rings. The molecule has 1 aromatic carbocycles. The molecule has 5 heteroatoms. The predicted octanol–water partition coefficient (Wildman–Crippen LogP) is 2.80. The summed E-state index contributed by atoms with van der Waals surface area (Å²) in [5.74, 6) is -0.353. The fourth-order valence-electron chi connectivity index (χ4n) is 1.76. The standard InChI is InChI=1S/C12H13BrO4/c1-7(12(14)15)10-8(13)3-4-9-11(10)17-6-2-5-16-9/h3-4,7H,2,5-6H2,1H3,(H,14,15). The van der Waals surface area contributed by atoms with Gasteiger partial charge in [0.25, 0.3) is 0 Å². The van der Waals surface area contributed by atoms with Gasteiger partial charge in [-0.2, -0.15) is 0 Å². The van der Waals surface area contributed by atoms with Crippen molar-refractivity contribution in [3.63, 3.8) is 0 Å². The minimum Gasteiger partial charge on any atom is -0.490 e. The van der Waals surface area contributed by atoms with E-state index in [1.807, 2.05) is 0 Å². The Morgan fingerprint density at radius 3 is 2.82 bits per heavy atom. The molecule has 0 aliphatic carbocycles. The number of hydrogen-bond acceptors (Lipinski definition) is 3. The van der Waals surface area contributed by atoms with Crippen LogP contribution in [0.4, 0.5) is 0 Å². The van der Waals surface area contributed by atoms with Crippen molar-refractivity contribution in [3.8, 4) is 11.5 Å². The van der Waals surface area contributed by atoms with Gasteiger partial charge in [-0.1, -0.05) is 15.9 Å². The quantitative estimate of drug-likeness (QED) is 0.912. The van der Waals surface area contributed by atoms with Crippen LogP contribution in [0.3, 0.4) is 0 Å². The number of hydrogen-bond donors (Lipinski definition) is 1.